The van der Waals surface area contributed by atoms with Gasteiger partial charge in [0.05, 0.1) is 5.71 Å². The maximum absolute atomic E-state index is 9.09. The van der Waals surface area contributed by atoms with Gasteiger partial charge >= 0.3 is 0 Å². The molecular formula is C58H38N2. The van der Waals surface area contributed by atoms with Crippen LogP contribution in [0, 0.1) is 5.41 Å². The number of benzene rings is 11. The van der Waals surface area contributed by atoms with Gasteiger partial charge in [-0.25, -0.2) is 4.99 Å². The van der Waals surface area contributed by atoms with Crippen LogP contribution in [0.25, 0.3) is 93.0 Å². The molecule has 1 N–H and O–H groups in total. The number of hydrogen-bond donors (Lipinski definition) is 1. The van der Waals surface area contributed by atoms with Crippen LogP contribution in [0.3, 0.4) is 0 Å². The third-order valence-corrected chi connectivity index (χ3v) is 11.9. The lowest BCUT2D eigenvalue weighted by molar-refractivity contribution is 1.41. The second-order valence-corrected chi connectivity index (χ2v) is 15.4. The van der Waals surface area contributed by atoms with E-state index in [0.29, 0.717) is 0 Å². The fourth-order valence-electron chi connectivity index (χ4n) is 9.04. The Morgan fingerprint density at radius 2 is 0.867 bits per heavy atom. The van der Waals surface area contributed by atoms with E-state index in [1.165, 1.54) is 65.0 Å². The van der Waals surface area contributed by atoms with Crippen LogP contribution in [0.1, 0.15) is 16.7 Å². The number of aliphatic imine (C=N–C) groups is 1. The molecule has 0 radical (unpaired) electrons. The van der Waals surface area contributed by atoms with Crippen molar-refractivity contribution < 1.29 is 0 Å². The molecule has 11 aromatic carbocycles. The van der Waals surface area contributed by atoms with Gasteiger partial charge in [0.2, 0.25) is 0 Å². The van der Waals surface area contributed by atoms with Crippen LogP contribution >= 0.6 is 0 Å². The summed E-state index contributed by atoms with van der Waals surface area (Å²) >= 11 is 0. The first kappa shape index (κ1) is 35.2. The molecule has 0 amide bonds. The van der Waals surface area contributed by atoms with Gasteiger partial charge in [-0.3, -0.25) is 5.41 Å². The molecule has 0 aliphatic carbocycles. The van der Waals surface area contributed by atoms with E-state index in [9.17, 15) is 0 Å². The minimum atomic E-state index is 0.217. The average Bonchev–Trinajstić information content (AvgIpc) is 3.32. The summed E-state index contributed by atoms with van der Waals surface area (Å²) in [7, 11) is 0. The monoisotopic (exact) mass is 762 g/mol. The van der Waals surface area contributed by atoms with Crippen molar-refractivity contribution in [2.75, 3.05) is 0 Å². The standard InChI is InChI=1S/C58H38N2/c59-58(42-16-2-1-3-17-42)60-55(41-29-26-39(27-30-41)44-31-28-38-14-4-5-18-43(38)36-44)35-34-50-48-22-10-12-24-51(48)57(52-25-13-11-23-49(50)52)56-47-21-9-7-19-45(47)37-54-46-20-8-6-15-40(46)32-33-53(54)56/h1-37,59H/b35-34+,59-58?,60-55?. The molecule has 11 aromatic rings. The molecule has 0 unspecified atom stereocenters. The van der Waals surface area contributed by atoms with Crippen LogP contribution in [-0.4, -0.2) is 11.5 Å². The van der Waals surface area contributed by atoms with Crippen molar-refractivity contribution in [2.45, 2.75) is 0 Å². The number of amidine groups is 1. The van der Waals surface area contributed by atoms with E-state index in [2.05, 4.69) is 194 Å². The van der Waals surface area contributed by atoms with E-state index in [4.69, 9.17) is 10.4 Å². The smallest absolute Gasteiger partial charge is 0.152 e. The highest BCUT2D eigenvalue weighted by Gasteiger charge is 2.19. The Morgan fingerprint density at radius 3 is 1.58 bits per heavy atom. The minimum absolute atomic E-state index is 0.217. The minimum Gasteiger partial charge on any atom is -0.282 e. The van der Waals surface area contributed by atoms with Gasteiger partial charge in [-0.15, -0.1) is 0 Å². The van der Waals surface area contributed by atoms with Gasteiger partial charge in [-0.05, 0) is 111 Å². The van der Waals surface area contributed by atoms with Gasteiger partial charge in [0.1, 0.15) is 0 Å². The predicted octanol–water partition coefficient (Wildman–Crippen LogP) is 15.5. The van der Waals surface area contributed by atoms with Crippen LogP contribution in [0.5, 0.6) is 0 Å². The van der Waals surface area contributed by atoms with Crippen molar-refractivity contribution in [1.29, 1.82) is 5.41 Å². The Labute approximate surface area is 348 Å². The summed E-state index contributed by atoms with van der Waals surface area (Å²) in [6, 6.07) is 75.5. The molecule has 0 bridgehead atoms. The molecular weight excluding hydrogens is 725 g/mol. The average molecular weight is 763 g/mol. The molecule has 0 aliphatic heterocycles. The van der Waals surface area contributed by atoms with Gasteiger partial charge in [-0.1, -0.05) is 206 Å². The molecule has 0 spiro atoms. The first-order valence-corrected chi connectivity index (χ1v) is 20.5. The molecule has 2 heteroatoms. The molecule has 0 saturated heterocycles. The molecule has 0 atom stereocenters. The summed E-state index contributed by atoms with van der Waals surface area (Å²) in [5, 5.41) is 23.7. The van der Waals surface area contributed by atoms with Gasteiger partial charge in [0, 0.05) is 11.1 Å². The molecule has 0 aliphatic rings. The van der Waals surface area contributed by atoms with Crippen LogP contribution in [-0.2, 0) is 0 Å². The molecule has 280 valence electrons. The van der Waals surface area contributed by atoms with Gasteiger partial charge in [0.25, 0.3) is 0 Å². The largest absolute Gasteiger partial charge is 0.282 e. The number of rotatable bonds is 6. The van der Waals surface area contributed by atoms with Crippen molar-refractivity contribution >= 4 is 82.3 Å². The van der Waals surface area contributed by atoms with Crippen molar-refractivity contribution in [3.63, 3.8) is 0 Å². The predicted molar refractivity (Wildman–Crippen MR) is 258 cm³/mol. The highest BCUT2D eigenvalue weighted by Crippen LogP contribution is 2.46. The maximum Gasteiger partial charge on any atom is 0.152 e. The highest BCUT2D eigenvalue weighted by molar-refractivity contribution is 6.28. The lowest BCUT2D eigenvalue weighted by Gasteiger charge is -2.20. The lowest BCUT2D eigenvalue weighted by atomic mass is 9.83. The topological polar surface area (TPSA) is 36.2 Å². The third kappa shape index (κ3) is 6.14. The zero-order valence-electron chi connectivity index (χ0n) is 32.8. The molecule has 60 heavy (non-hydrogen) atoms. The SMILES string of the molecule is N=C(N=C(/C=C/c1c2ccccc2c(-c2c3ccccc3cc3c2ccc2ccccc23)c2ccccc12)c1ccc(-c2ccc3ccccc3c2)cc1)c1ccccc1. The lowest BCUT2D eigenvalue weighted by Crippen LogP contribution is -2.04. The fourth-order valence-corrected chi connectivity index (χ4v) is 9.04. The van der Waals surface area contributed by atoms with Crippen molar-refractivity contribution in [1.82, 2.24) is 0 Å². The highest BCUT2D eigenvalue weighted by atomic mass is 14.8. The number of fused-ring (bicyclic) bond motifs is 7. The summed E-state index contributed by atoms with van der Waals surface area (Å²) in [6.07, 6.45) is 4.30. The first-order valence-electron chi connectivity index (χ1n) is 20.5. The Balaban J connectivity index is 1.10. The Morgan fingerprint density at radius 1 is 0.350 bits per heavy atom. The third-order valence-electron chi connectivity index (χ3n) is 11.9. The molecule has 0 fully saturated rings. The second-order valence-electron chi connectivity index (χ2n) is 15.4. The first-order chi connectivity index (χ1) is 29.7. The number of allylic oxidation sites excluding steroid dienone is 1. The van der Waals surface area contributed by atoms with E-state index in [-0.39, 0.29) is 5.84 Å². The zero-order valence-corrected chi connectivity index (χ0v) is 32.8. The molecule has 11 rings (SSSR count). The van der Waals surface area contributed by atoms with E-state index in [1.807, 2.05) is 30.3 Å². The number of nitrogens with one attached hydrogen (secondary N) is 1. The number of nitrogens with zero attached hydrogens (tertiary/aromatic N) is 1. The van der Waals surface area contributed by atoms with Crippen LogP contribution in [0.15, 0.2) is 223 Å². The normalized spacial score (nSPS) is 12.1. The molecule has 0 heterocycles. The summed E-state index contributed by atoms with van der Waals surface area (Å²) in [5.74, 6) is 0.217. The Kier molecular flexibility index (Phi) is 8.68. The molecule has 2 nitrogen and oxygen atoms in total. The maximum atomic E-state index is 9.09. The van der Waals surface area contributed by atoms with Gasteiger partial charge in [0.15, 0.2) is 5.84 Å². The Hall–Kier alpha value is -7.94. The molecule has 0 saturated carbocycles. The summed E-state index contributed by atoms with van der Waals surface area (Å²) in [4.78, 5) is 5.01. The van der Waals surface area contributed by atoms with Crippen LogP contribution < -0.4 is 0 Å². The van der Waals surface area contributed by atoms with Crippen LogP contribution in [0.4, 0.5) is 0 Å². The number of hydrogen-bond acceptors (Lipinski definition) is 1. The summed E-state index contributed by atoms with van der Waals surface area (Å²) in [6.45, 7) is 0. The van der Waals surface area contributed by atoms with Crippen molar-refractivity contribution in [3.8, 4) is 22.3 Å². The van der Waals surface area contributed by atoms with E-state index in [1.54, 1.807) is 0 Å². The van der Waals surface area contributed by atoms with E-state index >= 15 is 0 Å². The summed E-state index contributed by atoms with van der Waals surface area (Å²) in [5.41, 5.74) is 8.33. The summed E-state index contributed by atoms with van der Waals surface area (Å²) < 4.78 is 0. The second kappa shape index (κ2) is 14.8. The van der Waals surface area contributed by atoms with E-state index < -0.39 is 0 Å². The Bertz CT molecular complexity index is 3480. The van der Waals surface area contributed by atoms with Crippen LogP contribution in [0.2, 0.25) is 0 Å². The zero-order chi connectivity index (χ0) is 40.0. The van der Waals surface area contributed by atoms with E-state index in [0.717, 1.165) is 44.3 Å². The van der Waals surface area contributed by atoms with Gasteiger partial charge in [-0.2, -0.15) is 0 Å². The van der Waals surface area contributed by atoms with Crippen molar-refractivity contribution in [2.24, 2.45) is 4.99 Å². The van der Waals surface area contributed by atoms with Crippen molar-refractivity contribution in [3.05, 3.63) is 235 Å². The molecule has 0 aromatic heterocycles. The van der Waals surface area contributed by atoms with Gasteiger partial charge < -0.3 is 0 Å². The fraction of sp³-hybridized carbons (Fsp3) is 0. The quantitative estimate of drug-likeness (QED) is 0.0758.